The molecule has 0 N–H and O–H groups in total. The van der Waals surface area contributed by atoms with Gasteiger partial charge in [-0.2, -0.15) is 0 Å². The zero-order valence-corrected chi connectivity index (χ0v) is 11.8. The SMILES string of the molecule is c1ccc2c(c1)nc1n2C2CCC(C1)N(C1CCC1)C2. The lowest BCUT2D eigenvalue weighted by Gasteiger charge is -2.45. The third kappa shape index (κ3) is 1.47. The van der Waals surface area contributed by atoms with Crippen molar-refractivity contribution >= 4 is 11.0 Å². The standard InChI is InChI=1S/C17H21N3/c1-2-7-16-15(6-1)18-17-10-13-8-9-14(20(16)17)11-19(13)12-4-3-5-12/h1-2,6-7,12-14H,3-5,8-11H2. The van der Waals surface area contributed by atoms with E-state index in [-0.39, 0.29) is 0 Å². The number of para-hydroxylation sites is 2. The highest BCUT2D eigenvalue weighted by Crippen LogP contribution is 2.40. The highest BCUT2D eigenvalue weighted by atomic mass is 15.3. The molecule has 4 aliphatic rings. The summed E-state index contributed by atoms with van der Waals surface area (Å²) in [5.41, 5.74) is 2.54. The van der Waals surface area contributed by atoms with Crippen LogP contribution in [0.2, 0.25) is 0 Å². The molecule has 0 amide bonds. The Labute approximate surface area is 119 Å². The molecule has 4 heterocycles. The van der Waals surface area contributed by atoms with E-state index in [1.807, 2.05) is 0 Å². The van der Waals surface area contributed by atoms with Crippen LogP contribution >= 0.6 is 0 Å². The van der Waals surface area contributed by atoms with Gasteiger partial charge >= 0.3 is 0 Å². The number of imidazole rings is 1. The van der Waals surface area contributed by atoms with E-state index in [9.17, 15) is 0 Å². The van der Waals surface area contributed by atoms with Crippen LogP contribution in [0.5, 0.6) is 0 Å². The minimum absolute atomic E-state index is 0.650. The zero-order chi connectivity index (χ0) is 13.1. The summed E-state index contributed by atoms with van der Waals surface area (Å²) in [6.45, 7) is 1.25. The van der Waals surface area contributed by atoms with Gasteiger partial charge in [-0.05, 0) is 37.8 Å². The van der Waals surface area contributed by atoms with Crippen molar-refractivity contribution in [1.82, 2.24) is 14.5 Å². The summed E-state index contributed by atoms with van der Waals surface area (Å²) < 4.78 is 2.56. The molecule has 2 unspecified atom stereocenters. The average Bonchev–Trinajstić information content (AvgIpc) is 2.60. The molecule has 104 valence electrons. The lowest BCUT2D eigenvalue weighted by Crippen LogP contribution is -2.50. The number of nitrogens with zero attached hydrogens (tertiary/aromatic N) is 3. The molecule has 3 aliphatic heterocycles. The van der Waals surface area contributed by atoms with Gasteiger partial charge in [0.25, 0.3) is 0 Å². The van der Waals surface area contributed by atoms with Gasteiger partial charge < -0.3 is 4.57 Å². The molecule has 6 rings (SSSR count). The van der Waals surface area contributed by atoms with Gasteiger partial charge in [0.2, 0.25) is 0 Å². The molecule has 3 heteroatoms. The maximum atomic E-state index is 4.93. The minimum Gasteiger partial charge on any atom is -0.324 e. The molecular weight excluding hydrogens is 246 g/mol. The van der Waals surface area contributed by atoms with Crippen LogP contribution in [0.1, 0.15) is 44.0 Å². The van der Waals surface area contributed by atoms with E-state index in [1.54, 1.807) is 0 Å². The van der Waals surface area contributed by atoms with E-state index >= 15 is 0 Å². The highest BCUT2D eigenvalue weighted by molar-refractivity contribution is 5.76. The van der Waals surface area contributed by atoms with Crippen LogP contribution in [0.15, 0.2) is 24.3 Å². The molecule has 1 saturated heterocycles. The van der Waals surface area contributed by atoms with Crippen molar-refractivity contribution in [2.45, 2.75) is 56.7 Å². The van der Waals surface area contributed by atoms with Crippen LogP contribution in [-0.2, 0) is 6.42 Å². The minimum atomic E-state index is 0.650. The predicted octanol–water partition coefficient (Wildman–Crippen LogP) is 3.15. The lowest BCUT2D eigenvalue weighted by molar-refractivity contribution is 0.0407. The molecule has 0 spiro atoms. The van der Waals surface area contributed by atoms with Crippen molar-refractivity contribution in [1.29, 1.82) is 0 Å². The third-order valence-corrected chi connectivity index (χ3v) is 5.72. The topological polar surface area (TPSA) is 21.1 Å². The smallest absolute Gasteiger partial charge is 0.111 e. The van der Waals surface area contributed by atoms with Crippen LogP contribution in [-0.4, -0.2) is 33.1 Å². The second-order valence-corrected chi connectivity index (χ2v) is 6.76. The summed E-state index contributed by atoms with van der Waals surface area (Å²) in [6, 6.07) is 10.9. The van der Waals surface area contributed by atoms with Crippen LogP contribution in [0.25, 0.3) is 11.0 Å². The van der Waals surface area contributed by atoms with Gasteiger partial charge in [0.05, 0.1) is 11.0 Å². The first kappa shape index (κ1) is 11.3. The molecule has 3 nitrogen and oxygen atoms in total. The molecule has 1 aliphatic carbocycles. The van der Waals surface area contributed by atoms with E-state index in [0.29, 0.717) is 6.04 Å². The van der Waals surface area contributed by atoms with E-state index in [0.717, 1.165) is 18.5 Å². The number of hydrogen-bond acceptors (Lipinski definition) is 2. The number of hydrogen-bond donors (Lipinski definition) is 0. The van der Waals surface area contributed by atoms with Crippen molar-refractivity contribution in [2.24, 2.45) is 0 Å². The van der Waals surface area contributed by atoms with Crippen LogP contribution in [0.4, 0.5) is 0 Å². The molecule has 2 atom stereocenters. The summed E-state index contributed by atoms with van der Waals surface area (Å²) in [5.74, 6) is 1.33. The fourth-order valence-corrected chi connectivity index (χ4v) is 4.49. The Bertz CT molecular complexity index is 655. The van der Waals surface area contributed by atoms with Crippen LogP contribution < -0.4 is 0 Å². The van der Waals surface area contributed by atoms with Crippen molar-refractivity contribution in [3.63, 3.8) is 0 Å². The number of fused-ring (bicyclic) bond motifs is 3. The summed E-state index contributed by atoms with van der Waals surface area (Å²) in [6.07, 6.45) is 8.13. The third-order valence-electron chi connectivity index (χ3n) is 5.72. The van der Waals surface area contributed by atoms with E-state index in [4.69, 9.17) is 4.98 Å². The first-order chi connectivity index (χ1) is 9.90. The monoisotopic (exact) mass is 267 g/mol. The van der Waals surface area contributed by atoms with Gasteiger partial charge in [-0.1, -0.05) is 18.6 Å². The quantitative estimate of drug-likeness (QED) is 0.791. The maximum absolute atomic E-state index is 4.93. The fourth-order valence-electron chi connectivity index (χ4n) is 4.49. The summed E-state index contributed by atoms with van der Waals surface area (Å²) in [5, 5.41) is 0. The number of piperidine rings is 1. The van der Waals surface area contributed by atoms with E-state index in [2.05, 4.69) is 33.7 Å². The molecule has 2 aromatic rings. The van der Waals surface area contributed by atoms with Gasteiger partial charge in [0, 0.05) is 31.1 Å². The molecule has 1 aromatic heterocycles. The molecule has 2 fully saturated rings. The first-order valence-corrected chi connectivity index (χ1v) is 8.12. The van der Waals surface area contributed by atoms with E-state index in [1.165, 1.54) is 55.5 Å². The highest BCUT2D eigenvalue weighted by Gasteiger charge is 2.40. The molecule has 1 saturated carbocycles. The van der Waals surface area contributed by atoms with Crippen molar-refractivity contribution in [3.8, 4) is 0 Å². The Kier molecular flexibility index (Phi) is 2.31. The number of aromatic nitrogens is 2. The Hall–Kier alpha value is -1.35. The summed E-state index contributed by atoms with van der Waals surface area (Å²) in [7, 11) is 0. The second-order valence-electron chi connectivity index (χ2n) is 6.76. The molecule has 2 bridgehead atoms. The van der Waals surface area contributed by atoms with Gasteiger partial charge in [0.15, 0.2) is 0 Å². The predicted molar refractivity (Wildman–Crippen MR) is 79.8 cm³/mol. The average molecular weight is 267 g/mol. The lowest BCUT2D eigenvalue weighted by atomic mass is 9.86. The van der Waals surface area contributed by atoms with Gasteiger partial charge in [-0.15, -0.1) is 0 Å². The Balaban J connectivity index is 1.61. The molecule has 1 aromatic carbocycles. The van der Waals surface area contributed by atoms with Crippen molar-refractivity contribution in [2.75, 3.05) is 6.54 Å². The number of benzene rings is 1. The van der Waals surface area contributed by atoms with Crippen LogP contribution in [0, 0.1) is 0 Å². The maximum Gasteiger partial charge on any atom is 0.111 e. The molecular formula is C17H21N3. The Morgan fingerprint density at radius 1 is 0.950 bits per heavy atom. The summed E-state index contributed by atoms with van der Waals surface area (Å²) in [4.78, 5) is 7.75. The fraction of sp³-hybridized carbons (Fsp3) is 0.588. The second kappa shape index (κ2) is 4.08. The first-order valence-electron chi connectivity index (χ1n) is 8.12. The normalized spacial score (nSPS) is 30.2. The van der Waals surface area contributed by atoms with Crippen molar-refractivity contribution in [3.05, 3.63) is 30.1 Å². The van der Waals surface area contributed by atoms with Crippen LogP contribution in [0.3, 0.4) is 0 Å². The van der Waals surface area contributed by atoms with Gasteiger partial charge in [-0.25, -0.2) is 4.98 Å². The van der Waals surface area contributed by atoms with Gasteiger partial charge in [-0.3, -0.25) is 4.90 Å². The molecule has 0 radical (unpaired) electrons. The zero-order valence-electron chi connectivity index (χ0n) is 11.8. The number of rotatable bonds is 1. The van der Waals surface area contributed by atoms with E-state index < -0.39 is 0 Å². The largest absolute Gasteiger partial charge is 0.324 e. The van der Waals surface area contributed by atoms with Gasteiger partial charge in [0.1, 0.15) is 5.82 Å². The summed E-state index contributed by atoms with van der Waals surface area (Å²) >= 11 is 0. The molecule has 20 heavy (non-hydrogen) atoms. The Morgan fingerprint density at radius 3 is 2.65 bits per heavy atom. The Morgan fingerprint density at radius 2 is 1.80 bits per heavy atom. The van der Waals surface area contributed by atoms with Crippen molar-refractivity contribution < 1.29 is 0 Å².